The van der Waals surface area contributed by atoms with Gasteiger partial charge in [-0.25, -0.2) is 0 Å². The van der Waals surface area contributed by atoms with Crippen LogP contribution in [0.3, 0.4) is 0 Å². The molecule has 1 atom stereocenters. The van der Waals surface area contributed by atoms with Crippen molar-refractivity contribution in [2.75, 3.05) is 42.5 Å². The van der Waals surface area contributed by atoms with Crippen LogP contribution in [0.4, 0.5) is 11.4 Å². The molecular formula is C25H25N3O2. The summed E-state index contributed by atoms with van der Waals surface area (Å²) in [5.41, 5.74) is 2.10. The van der Waals surface area contributed by atoms with Crippen molar-refractivity contribution in [1.29, 1.82) is 0 Å². The number of carbonyl (C=O) groups is 2. The van der Waals surface area contributed by atoms with Gasteiger partial charge < -0.3 is 14.7 Å². The van der Waals surface area contributed by atoms with E-state index in [1.165, 1.54) is 5.69 Å². The Morgan fingerprint density at radius 1 is 0.800 bits per heavy atom. The molecule has 2 heterocycles. The summed E-state index contributed by atoms with van der Waals surface area (Å²) in [7, 11) is 0. The Bertz CT molecular complexity index is 1070. The lowest BCUT2D eigenvalue weighted by atomic mass is 10.1. The second kappa shape index (κ2) is 7.82. The molecule has 3 aromatic rings. The number of anilines is 2. The molecule has 0 saturated carbocycles. The summed E-state index contributed by atoms with van der Waals surface area (Å²) in [4.78, 5) is 32.0. The average Bonchev–Trinajstić information content (AvgIpc) is 3.20. The summed E-state index contributed by atoms with van der Waals surface area (Å²) in [6.07, 6.45) is 0.293. The lowest BCUT2D eigenvalue weighted by molar-refractivity contribution is -0.136. The van der Waals surface area contributed by atoms with Crippen molar-refractivity contribution >= 4 is 34.0 Å². The number of piperazine rings is 1. The van der Waals surface area contributed by atoms with Crippen molar-refractivity contribution in [2.24, 2.45) is 5.92 Å². The van der Waals surface area contributed by atoms with Crippen LogP contribution in [0.5, 0.6) is 0 Å². The minimum Gasteiger partial charge on any atom is -0.368 e. The zero-order chi connectivity index (χ0) is 20.5. The third-order valence-corrected chi connectivity index (χ3v) is 6.24. The molecule has 2 fully saturated rings. The second-order valence-corrected chi connectivity index (χ2v) is 8.05. The first-order valence-electron chi connectivity index (χ1n) is 10.6. The number of benzene rings is 3. The molecule has 0 bridgehead atoms. The Labute approximate surface area is 176 Å². The van der Waals surface area contributed by atoms with Crippen molar-refractivity contribution in [1.82, 2.24) is 4.90 Å². The van der Waals surface area contributed by atoms with E-state index >= 15 is 0 Å². The Kier molecular flexibility index (Phi) is 4.87. The summed E-state index contributed by atoms with van der Waals surface area (Å²) in [5, 5.41) is 2.16. The molecule has 5 rings (SSSR count). The summed E-state index contributed by atoms with van der Waals surface area (Å²) < 4.78 is 0. The van der Waals surface area contributed by atoms with Crippen LogP contribution in [0, 0.1) is 5.92 Å². The summed E-state index contributed by atoms with van der Waals surface area (Å²) in [5.74, 6) is -0.119. The third-order valence-electron chi connectivity index (χ3n) is 6.24. The largest absolute Gasteiger partial charge is 0.368 e. The molecule has 5 nitrogen and oxygen atoms in total. The van der Waals surface area contributed by atoms with E-state index in [4.69, 9.17) is 0 Å². The first-order chi connectivity index (χ1) is 14.7. The first-order valence-corrected chi connectivity index (χ1v) is 10.6. The van der Waals surface area contributed by atoms with Crippen LogP contribution in [0.2, 0.25) is 0 Å². The van der Waals surface area contributed by atoms with E-state index in [2.05, 4.69) is 17.0 Å². The van der Waals surface area contributed by atoms with Crippen molar-refractivity contribution < 1.29 is 9.59 Å². The molecule has 152 valence electrons. The molecule has 0 radical (unpaired) electrons. The van der Waals surface area contributed by atoms with Crippen LogP contribution >= 0.6 is 0 Å². The maximum atomic E-state index is 13.2. The number of hydrogen-bond acceptors (Lipinski definition) is 3. The Hall–Kier alpha value is -3.34. The Morgan fingerprint density at radius 2 is 1.50 bits per heavy atom. The van der Waals surface area contributed by atoms with E-state index in [0.29, 0.717) is 26.1 Å². The molecule has 0 spiro atoms. The maximum absolute atomic E-state index is 13.2. The van der Waals surface area contributed by atoms with Gasteiger partial charge in [-0.1, -0.05) is 54.6 Å². The van der Waals surface area contributed by atoms with Crippen LogP contribution in [0.15, 0.2) is 72.8 Å². The van der Waals surface area contributed by atoms with Gasteiger partial charge in [0.2, 0.25) is 11.8 Å². The number of rotatable bonds is 3. The highest BCUT2D eigenvalue weighted by molar-refractivity contribution is 6.07. The molecule has 2 aliphatic rings. The van der Waals surface area contributed by atoms with Crippen LogP contribution in [-0.4, -0.2) is 49.4 Å². The Balaban J connectivity index is 1.27. The summed E-state index contributed by atoms with van der Waals surface area (Å²) >= 11 is 0. The van der Waals surface area contributed by atoms with Gasteiger partial charge in [0.15, 0.2) is 0 Å². The highest BCUT2D eigenvalue weighted by Gasteiger charge is 2.38. The molecule has 0 N–H and O–H groups in total. The molecule has 2 saturated heterocycles. The first kappa shape index (κ1) is 18.7. The van der Waals surface area contributed by atoms with E-state index < -0.39 is 0 Å². The lowest BCUT2D eigenvalue weighted by Gasteiger charge is -2.37. The monoisotopic (exact) mass is 399 g/mol. The van der Waals surface area contributed by atoms with Gasteiger partial charge in [-0.3, -0.25) is 9.59 Å². The maximum Gasteiger partial charge on any atom is 0.228 e. The smallest absolute Gasteiger partial charge is 0.228 e. The number of para-hydroxylation sites is 1. The molecule has 0 aliphatic carbocycles. The van der Waals surface area contributed by atoms with Gasteiger partial charge in [0, 0.05) is 50.2 Å². The number of nitrogens with zero attached hydrogens (tertiary/aromatic N) is 3. The van der Waals surface area contributed by atoms with Crippen molar-refractivity contribution in [3.05, 3.63) is 72.8 Å². The molecule has 5 heteroatoms. The van der Waals surface area contributed by atoms with Crippen LogP contribution < -0.4 is 9.80 Å². The van der Waals surface area contributed by atoms with Gasteiger partial charge in [0.1, 0.15) is 0 Å². The van der Waals surface area contributed by atoms with Crippen LogP contribution in [0.1, 0.15) is 6.42 Å². The second-order valence-electron chi connectivity index (χ2n) is 8.05. The fourth-order valence-corrected chi connectivity index (χ4v) is 4.63. The van der Waals surface area contributed by atoms with Crippen molar-refractivity contribution in [2.45, 2.75) is 6.42 Å². The van der Waals surface area contributed by atoms with Crippen LogP contribution in [-0.2, 0) is 9.59 Å². The molecule has 3 aromatic carbocycles. The topological polar surface area (TPSA) is 43.9 Å². The normalized spacial score (nSPS) is 19.5. The fraction of sp³-hybridized carbons (Fsp3) is 0.280. The van der Waals surface area contributed by atoms with E-state index in [1.807, 2.05) is 65.6 Å². The number of fused-ring (bicyclic) bond motifs is 1. The van der Waals surface area contributed by atoms with E-state index in [9.17, 15) is 9.59 Å². The summed E-state index contributed by atoms with van der Waals surface area (Å²) in [6.45, 7) is 3.51. The molecule has 30 heavy (non-hydrogen) atoms. The average molecular weight is 399 g/mol. The SMILES string of the molecule is O=C([C@H]1CC(=O)N(c2cccc3ccccc23)C1)N1CCN(c2ccccc2)CC1. The van der Waals surface area contributed by atoms with Gasteiger partial charge in [0.05, 0.1) is 11.6 Å². The van der Waals surface area contributed by atoms with Gasteiger partial charge in [-0.2, -0.15) is 0 Å². The van der Waals surface area contributed by atoms with Crippen molar-refractivity contribution in [3.63, 3.8) is 0 Å². The van der Waals surface area contributed by atoms with Crippen LogP contribution in [0.25, 0.3) is 10.8 Å². The van der Waals surface area contributed by atoms with Crippen molar-refractivity contribution in [3.8, 4) is 0 Å². The molecule has 0 aromatic heterocycles. The standard InChI is InChI=1S/C25H25N3O2/c29-24-17-20(18-28(24)23-12-6-8-19-7-4-5-11-22(19)23)25(30)27-15-13-26(14-16-27)21-9-2-1-3-10-21/h1-12,20H,13-18H2/t20-/m0/s1. The lowest BCUT2D eigenvalue weighted by Crippen LogP contribution is -2.50. The van der Waals surface area contributed by atoms with E-state index in [-0.39, 0.29) is 17.7 Å². The number of amides is 2. The zero-order valence-electron chi connectivity index (χ0n) is 16.9. The van der Waals surface area contributed by atoms with E-state index in [0.717, 1.165) is 29.5 Å². The van der Waals surface area contributed by atoms with Gasteiger partial charge in [0.25, 0.3) is 0 Å². The van der Waals surface area contributed by atoms with E-state index in [1.54, 1.807) is 4.90 Å². The number of carbonyl (C=O) groups excluding carboxylic acids is 2. The fourth-order valence-electron chi connectivity index (χ4n) is 4.63. The summed E-state index contributed by atoms with van der Waals surface area (Å²) in [6, 6.07) is 24.4. The molecule has 0 unspecified atom stereocenters. The third kappa shape index (κ3) is 3.41. The highest BCUT2D eigenvalue weighted by Crippen LogP contribution is 2.32. The quantitative estimate of drug-likeness (QED) is 0.677. The molecular weight excluding hydrogens is 374 g/mol. The van der Waals surface area contributed by atoms with Gasteiger partial charge >= 0.3 is 0 Å². The predicted octanol–water partition coefficient (Wildman–Crippen LogP) is 3.54. The highest BCUT2D eigenvalue weighted by atomic mass is 16.2. The minimum atomic E-state index is -0.264. The van der Waals surface area contributed by atoms with Gasteiger partial charge in [-0.05, 0) is 23.6 Å². The van der Waals surface area contributed by atoms with Gasteiger partial charge in [-0.15, -0.1) is 0 Å². The Morgan fingerprint density at radius 3 is 2.30 bits per heavy atom. The number of hydrogen-bond donors (Lipinski definition) is 0. The minimum absolute atomic E-state index is 0.0348. The zero-order valence-corrected chi connectivity index (χ0v) is 16.9. The molecule has 2 aliphatic heterocycles. The molecule has 2 amide bonds. The predicted molar refractivity (Wildman–Crippen MR) is 120 cm³/mol.